The van der Waals surface area contributed by atoms with Crippen molar-refractivity contribution in [2.24, 2.45) is 5.92 Å². The first-order valence-electron chi connectivity index (χ1n) is 6.68. The van der Waals surface area contributed by atoms with Gasteiger partial charge in [0.2, 0.25) is 0 Å². The number of benzene rings is 1. The Hall–Kier alpha value is -2.14. The number of carboxylic acids is 1. The maximum Gasteiger partial charge on any atom is 0.336 e. The van der Waals surface area contributed by atoms with Crippen LogP contribution in [0.1, 0.15) is 23.2 Å². The topological polar surface area (TPSA) is 82.5 Å². The van der Waals surface area contributed by atoms with Gasteiger partial charge in [0.25, 0.3) is 0 Å². The van der Waals surface area contributed by atoms with Gasteiger partial charge >= 0.3 is 5.97 Å². The molecule has 2 aromatic rings. The third-order valence-electron chi connectivity index (χ3n) is 3.73. The second kappa shape index (κ2) is 5.09. The molecule has 5 nitrogen and oxygen atoms in total. The zero-order valence-corrected chi connectivity index (χ0v) is 10.9. The molecule has 1 fully saturated rings. The Labute approximate surface area is 116 Å². The number of aliphatic hydroxyl groups is 1. The Kier molecular flexibility index (Phi) is 3.28. The zero-order chi connectivity index (χ0) is 14.1. The first kappa shape index (κ1) is 12.9. The van der Waals surface area contributed by atoms with Crippen molar-refractivity contribution < 1.29 is 15.0 Å². The Bertz CT molecular complexity index is 651. The van der Waals surface area contributed by atoms with Crippen molar-refractivity contribution in [3.05, 3.63) is 35.9 Å². The van der Waals surface area contributed by atoms with Crippen LogP contribution in [0, 0.1) is 5.92 Å². The van der Waals surface area contributed by atoms with E-state index in [0.717, 1.165) is 12.8 Å². The standard InChI is InChI=1S/C15H16N2O3/c18-10-5-9(6-10)8-16-14-7-12(15(19)20)11-3-1-2-4-13(11)17-14/h1-4,7,9-10,18H,5-6,8H2,(H,16,17)(H,19,20). The van der Waals surface area contributed by atoms with E-state index in [1.807, 2.05) is 6.07 Å². The van der Waals surface area contributed by atoms with Crippen LogP contribution in [0.15, 0.2) is 30.3 Å². The fourth-order valence-electron chi connectivity index (χ4n) is 2.56. The molecule has 1 aromatic heterocycles. The molecule has 1 saturated carbocycles. The molecule has 3 rings (SSSR count). The van der Waals surface area contributed by atoms with Gasteiger partial charge in [-0.15, -0.1) is 0 Å². The Morgan fingerprint density at radius 1 is 1.35 bits per heavy atom. The van der Waals surface area contributed by atoms with Crippen LogP contribution >= 0.6 is 0 Å². The molecule has 0 radical (unpaired) electrons. The van der Waals surface area contributed by atoms with Gasteiger partial charge in [-0.25, -0.2) is 9.78 Å². The zero-order valence-electron chi connectivity index (χ0n) is 10.9. The lowest BCUT2D eigenvalue weighted by Crippen LogP contribution is -2.33. The number of anilines is 1. The number of carbonyl (C=O) groups is 1. The summed E-state index contributed by atoms with van der Waals surface area (Å²) >= 11 is 0. The number of fused-ring (bicyclic) bond motifs is 1. The fraction of sp³-hybridized carbons (Fsp3) is 0.333. The minimum atomic E-state index is -0.953. The van der Waals surface area contributed by atoms with E-state index in [1.165, 1.54) is 0 Å². The van der Waals surface area contributed by atoms with Gasteiger partial charge in [-0.3, -0.25) is 0 Å². The van der Waals surface area contributed by atoms with Crippen LogP contribution in [0.4, 0.5) is 5.82 Å². The average Bonchev–Trinajstić information content (AvgIpc) is 2.41. The van der Waals surface area contributed by atoms with E-state index in [1.54, 1.807) is 24.3 Å². The van der Waals surface area contributed by atoms with Gasteiger partial charge in [0.1, 0.15) is 5.82 Å². The van der Waals surface area contributed by atoms with Gasteiger partial charge < -0.3 is 15.5 Å². The molecule has 0 unspecified atom stereocenters. The largest absolute Gasteiger partial charge is 0.478 e. The highest BCUT2D eigenvalue weighted by Crippen LogP contribution is 2.27. The number of hydrogen-bond acceptors (Lipinski definition) is 4. The smallest absolute Gasteiger partial charge is 0.336 e. The lowest BCUT2D eigenvalue weighted by Gasteiger charge is -2.31. The molecule has 0 bridgehead atoms. The molecule has 104 valence electrons. The molecule has 3 N–H and O–H groups in total. The summed E-state index contributed by atoms with van der Waals surface area (Å²) < 4.78 is 0. The highest BCUT2D eigenvalue weighted by Gasteiger charge is 2.26. The van der Waals surface area contributed by atoms with Gasteiger partial charge in [-0.2, -0.15) is 0 Å². The second-order valence-corrected chi connectivity index (χ2v) is 5.25. The molecule has 20 heavy (non-hydrogen) atoms. The lowest BCUT2D eigenvalue weighted by molar-refractivity contribution is 0.0486. The highest BCUT2D eigenvalue weighted by atomic mass is 16.4. The molecule has 5 heteroatoms. The third-order valence-corrected chi connectivity index (χ3v) is 3.73. The van der Waals surface area contributed by atoms with Crippen LogP contribution in [0.3, 0.4) is 0 Å². The van der Waals surface area contributed by atoms with Gasteiger partial charge in [0.15, 0.2) is 0 Å². The van der Waals surface area contributed by atoms with Crippen LogP contribution in [-0.4, -0.2) is 33.8 Å². The van der Waals surface area contributed by atoms with Crippen molar-refractivity contribution in [2.45, 2.75) is 18.9 Å². The van der Waals surface area contributed by atoms with Crippen molar-refractivity contribution in [3.8, 4) is 0 Å². The molecule has 0 spiro atoms. The maximum atomic E-state index is 11.3. The van der Waals surface area contributed by atoms with E-state index in [4.69, 9.17) is 0 Å². The van der Waals surface area contributed by atoms with Gasteiger partial charge in [0.05, 0.1) is 17.2 Å². The van der Waals surface area contributed by atoms with E-state index in [0.29, 0.717) is 29.2 Å². The quantitative estimate of drug-likeness (QED) is 0.794. The van der Waals surface area contributed by atoms with Gasteiger partial charge in [-0.05, 0) is 30.9 Å². The highest BCUT2D eigenvalue weighted by molar-refractivity contribution is 6.03. The maximum absolute atomic E-state index is 11.3. The van der Waals surface area contributed by atoms with Crippen molar-refractivity contribution in [1.82, 2.24) is 4.98 Å². The van der Waals surface area contributed by atoms with Crippen molar-refractivity contribution in [1.29, 1.82) is 0 Å². The van der Waals surface area contributed by atoms with E-state index >= 15 is 0 Å². The number of aliphatic hydroxyl groups excluding tert-OH is 1. The molecular formula is C15H16N2O3. The predicted molar refractivity (Wildman–Crippen MR) is 75.9 cm³/mol. The average molecular weight is 272 g/mol. The molecule has 0 atom stereocenters. The first-order valence-corrected chi connectivity index (χ1v) is 6.68. The van der Waals surface area contributed by atoms with Gasteiger partial charge in [0, 0.05) is 11.9 Å². The lowest BCUT2D eigenvalue weighted by atomic mass is 9.82. The Balaban J connectivity index is 1.85. The van der Waals surface area contributed by atoms with Crippen LogP contribution in [0.2, 0.25) is 0 Å². The van der Waals surface area contributed by atoms with E-state index < -0.39 is 5.97 Å². The predicted octanol–water partition coefficient (Wildman–Crippen LogP) is 2.12. The third kappa shape index (κ3) is 2.44. The summed E-state index contributed by atoms with van der Waals surface area (Å²) in [5.41, 5.74) is 0.926. The monoisotopic (exact) mass is 272 g/mol. The number of carboxylic acid groups (broad SMARTS) is 1. The number of nitrogens with zero attached hydrogens (tertiary/aromatic N) is 1. The van der Waals surface area contributed by atoms with Crippen molar-refractivity contribution >= 4 is 22.7 Å². The first-order chi connectivity index (χ1) is 9.63. The van der Waals surface area contributed by atoms with Crippen LogP contribution < -0.4 is 5.32 Å². The number of nitrogens with one attached hydrogen (secondary N) is 1. The number of rotatable bonds is 4. The molecule has 1 heterocycles. The van der Waals surface area contributed by atoms with Crippen LogP contribution in [0.25, 0.3) is 10.9 Å². The molecule has 0 saturated heterocycles. The van der Waals surface area contributed by atoms with E-state index in [-0.39, 0.29) is 11.7 Å². The second-order valence-electron chi connectivity index (χ2n) is 5.25. The molecule has 1 aliphatic carbocycles. The summed E-state index contributed by atoms with van der Waals surface area (Å²) in [5.74, 6) is 0.0553. The summed E-state index contributed by atoms with van der Waals surface area (Å²) in [6.07, 6.45) is 1.42. The SMILES string of the molecule is O=C(O)c1cc(NCC2CC(O)C2)nc2ccccc12. The summed E-state index contributed by atoms with van der Waals surface area (Å²) in [6, 6.07) is 8.78. The van der Waals surface area contributed by atoms with Crippen LogP contribution in [-0.2, 0) is 0 Å². The molecule has 1 aromatic carbocycles. The summed E-state index contributed by atoms with van der Waals surface area (Å²) in [6.45, 7) is 0.710. The van der Waals surface area contributed by atoms with Crippen molar-refractivity contribution in [3.63, 3.8) is 0 Å². The normalized spacial score (nSPS) is 21.4. The number of para-hydroxylation sites is 1. The summed E-state index contributed by atoms with van der Waals surface area (Å²) in [7, 11) is 0. The molecule has 1 aliphatic rings. The fourth-order valence-corrected chi connectivity index (χ4v) is 2.56. The molecular weight excluding hydrogens is 256 g/mol. The minimum Gasteiger partial charge on any atom is -0.478 e. The van der Waals surface area contributed by atoms with Crippen LogP contribution in [0.5, 0.6) is 0 Å². The van der Waals surface area contributed by atoms with E-state index in [2.05, 4.69) is 10.3 Å². The number of pyridine rings is 1. The summed E-state index contributed by atoms with van der Waals surface area (Å²) in [5, 5.41) is 22.4. The molecule has 0 amide bonds. The minimum absolute atomic E-state index is 0.180. The van der Waals surface area contributed by atoms with Gasteiger partial charge in [-0.1, -0.05) is 18.2 Å². The number of aromatic carboxylic acids is 1. The Morgan fingerprint density at radius 2 is 2.10 bits per heavy atom. The Morgan fingerprint density at radius 3 is 2.80 bits per heavy atom. The number of hydrogen-bond donors (Lipinski definition) is 3. The van der Waals surface area contributed by atoms with E-state index in [9.17, 15) is 15.0 Å². The summed E-state index contributed by atoms with van der Waals surface area (Å²) in [4.78, 5) is 15.8. The number of aromatic nitrogens is 1. The van der Waals surface area contributed by atoms with Crippen molar-refractivity contribution in [2.75, 3.05) is 11.9 Å². The molecule has 0 aliphatic heterocycles.